The van der Waals surface area contributed by atoms with Crippen LogP contribution in [0.3, 0.4) is 0 Å². The fourth-order valence-electron chi connectivity index (χ4n) is 4.49. The number of carbonyl (C=O) groups excluding carboxylic acids is 2. The Hall–Kier alpha value is -3.46. The molecule has 0 aliphatic carbocycles. The average Bonchev–Trinajstić information content (AvgIpc) is 3.57. The quantitative estimate of drug-likeness (QED) is 0.486. The highest BCUT2D eigenvalue weighted by atomic mass is 32.1. The summed E-state index contributed by atoms with van der Waals surface area (Å²) in [5.74, 6) is 0.0387. The zero-order chi connectivity index (χ0) is 22.2. The second-order valence-corrected chi connectivity index (χ2v) is 9.09. The van der Waals surface area contributed by atoms with Crippen LogP contribution in [0.5, 0.6) is 0 Å². The van der Waals surface area contributed by atoms with Crippen LogP contribution < -0.4 is 5.73 Å². The second kappa shape index (κ2) is 8.23. The van der Waals surface area contributed by atoms with Crippen LogP contribution in [-0.4, -0.2) is 44.2 Å². The van der Waals surface area contributed by atoms with Crippen LogP contribution in [0.25, 0.3) is 10.1 Å². The third-order valence-electron chi connectivity index (χ3n) is 6.07. The van der Waals surface area contributed by atoms with Crippen molar-refractivity contribution in [1.82, 2.24) is 19.8 Å². The first-order valence-electron chi connectivity index (χ1n) is 10.6. The van der Waals surface area contributed by atoms with Gasteiger partial charge in [0, 0.05) is 35.2 Å². The summed E-state index contributed by atoms with van der Waals surface area (Å²) in [6, 6.07) is 9.72. The van der Waals surface area contributed by atoms with E-state index in [0.29, 0.717) is 35.8 Å². The van der Waals surface area contributed by atoms with E-state index in [2.05, 4.69) is 10.3 Å². The summed E-state index contributed by atoms with van der Waals surface area (Å²) >= 11 is 1.41. The predicted octanol–water partition coefficient (Wildman–Crippen LogP) is 3.39. The average molecular weight is 450 g/mol. The van der Waals surface area contributed by atoms with E-state index in [0.717, 1.165) is 34.1 Å². The van der Waals surface area contributed by atoms with Gasteiger partial charge < -0.3 is 15.2 Å². The lowest BCUT2D eigenvalue weighted by Gasteiger charge is -2.24. The molecule has 4 aromatic rings. The van der Waals surface area contributed by atoms with Gasteiger partial charge >= 0.3 is 0 Å². The van der Waals surface area contributed by atoms with Crippen molar-refractivity contribution >= 4 is 33.2 Å². The van der Waals surface area contributed by atoms with Crippen molar-refractivity contribution in [3.63, 3.8) is 0 Å². The molecule has 32 heavy (non-hydrogen) atoms. The van der Waals surface area contributed by atoms with Gasteiger partial charge in [-0.05, 0) is 49.3 Å². The molecule has 1 atom stereocenters. The van der Waals surface area contributed by atoms with Gasteiger partial charge in [0.05, 0.1) is 11.4 Å². The molecule has 1 aromatic carbocycles. The van der Waals surface area contributed by atoms with Gasteiger partial charge in [0.25, 0.3) is 11.8 Å². The Labute approximate surface area is 188 Å². The summed E-state index contributed by atoms with van der Waals surface area (Å²) in [6.07, 6.45) is 5.88. The molecule has 8 nitrogen and oxygen atoms in total. The maximum atomic E-state index is 13.5. The minimum absolute atomic E-state index is 0.0341. The van der Waals surface area contributed by atoms with Crippen molar-refractivity contribution in [3.05, 3.63) is 70.2 Å². The van der Waals surface area contributed by atoms with Gasteiger partial charge in [0.2, 0.25) is 0 Å². The third-order valence-corrected chi connectivity index (χ3v) is 7.29. The third kappa shape index (κ3) is 3.58. The molecule has 164 valence electrons. The second-order valence-electron chi connectivity index (χ2n) is 8.04. The Kier molecular flexibility index (Phi) is 5.26. The number of aromatic nitrogens is 3. The van der Waals surface area contributed by atoms with E-state index in [1.54, 1.807) is 17.8 Å². The van der Waals surface area contributed by atoms with Gasteiger partial charge in [0.15, 0.2) is 5.69 Å². The van der Waals surface area contributed by atoms with Crippen molar-refractivity contribution in [2.24, 2.45) is 5.73 Å². The lowest BCUT2D eigenvalue weighted by Crippen LogP contribution is -2.37. The van der Waals surface area contributed by atoms with Crippen LogP contribution in [0.2, 0.25) is 0 Å². The van der Waals surface area contributed by atoms with Crippen LogP contribution in [0, 0.1) is 6.92 Å². The SMILES string of the molecule is Cc1onc(C(=O)N2CCC[C@H]2Cc2c(C(N)=O)sc3ccccc23)c1Cn1cccn1. The molecular weight excluding hydrogens is 426 g/mol. The normalized spacial score (nSPS) is 16.2. The van der Waals surface area contributed by atoms with E-state index in [4.69, 9.17) is 10.3 Å². The van der Waals surface area contributed by atoms with Crippen LogP contribution in [0.4, 0.5) is 0 Å². The summed E-state index contributed by atoms with van der Waals surface area (Å²) in [6.45, 7) is 2.87. The van der Waals surface area contributed by atoms with Crippen LogP contribution in [-0.2, 0) is 13.0 Å². The van der Waals surface area contributed by atoms with Gasteiger partial charge in [-0.15, -0.1) is 11.3 Å². The van der Waals surface area contributed by atoms with Crippen molar-refractivity contribution in [1.29, 1.82) is 0 Å². The molecule has 1 saturated heterocycles. The number of hydrogen-bond donors (Lipinski definition) is 1. The summed E-state index contributed by atoms with van der Waals surface area (Å²) in [4.78, 5) is 28.1. The van der Waals surface area contributed by atoms with E-state index in [9.17, 15) is 9.59 Å². The number of benzene rings is 1. The van der Waals surface area contributed by atoms with Crippen LogP contribution in [0.15, 0.2) is 47.2 Å². The number of primary amides is 1. The molecule has 0 bridgehead atoms. The molecule has 1 aliphatic rings. The molecule has 0 unspecified atom stereocenters. The number of fused-ring (bicyclic) bond motifs is 1. The Morgan fingerprint density at radius 3 is 2.88 bits per heavy atom. The maximum Gasteiger partial charge on any atom is 0.276 e. The Balaban J connectivity index is 1.44. The molecule has 1 aliphatic heterocycles. The minimum atomic E-state index is -0.425. The summed E-state index contributed by atoms with van der Waals surface area (Å²) in [5.41, 5.74) is 7.68. The van der Waals surface area contributed by atoms with Gasteiger partial charge in [-0.3, -0.25) is 14.3 Å². The van der Waals surface area contributed by atoms with Gasteiger partial charge in [-0.1, -0.05) is 23.4 Å². The number of rotatable bonds is 6. The minimum Gasteiger partial charge on any atom is -0.365 e. The molecule has 9 heteroatoms. The zero-order valence-electron chi connectivity index (χ0n) is 17.7. The molecule has 5 rings (SSSR count). The Morgan fingerprint density at radius 1 is 1.25 bits per heavy atom. The number of likely N-dealkylation sites (tertiary alicyclic amines) is 1. The van der Waals surface area contributed by atoms with Crippen molar-refractivity contribution < 1.29 is 14.1 Å². The van der Waals surface area contributed by atoms with Gasteiger partial charge in [0.1, 0.15) is 5.76 Å². The van der Waals surface area contributed by atoms with E-state index < -0.39 is 5.91 Å². The lowest BCUT2D eigenvalue weighted by atomic mass is 10.00. The van der Waals surface area contributed by atoms with Crippen LogP contribution in [0.1, 0.15) is 49.9 Å². The predicted molar refractivity (Wildman–Crippen MR) is 121 cm³/mol. The van der Waals surface area contributed by atoms with Gasteiger partial charge in [-0.2, -0.15) is 5.10 Å². The van der Waals surface area contributed by atoms with Crippen molar-refractivity contribution in [2.45, 2.75) is 38.8 Å². The number of carbonyl (C=O) groups is 2. The van der Waals surface area contributed by atoms with Gasteiger partial charge in [-0.25, -0.2) is 0 Å². The number of nitrogens with zero attached hydrogens (tertiary/aromatic N) is 4. The number of aryl methyl sites for hydroxylation is 1. The van der Waals surface area contributed by atoms with E-state index in [-0.39, 0.29) is 11.9 Å². The number of amides is 2. The monoisotopic (exact) mass is 449 g/mol. The summed E-state index contributed by atoms with van der Waals surface area (Å²) < 4.78 is 8.15. The van der Waals surface area contributed by atoms with Crippen molar-refractivity contribution in [2.75, 3.05) is 6.54 Å². The molecular formula is C23H23N5O3S. The zero-order valence-corrected chi connectivity index (χ0v) is 18.5. The molecule has 2 amide bonds. The molecule has 4 heterocycles. The Morgan fingerprint density at radius 2 is 2.09 bits per heavy atom. The maximum absolute atomic E-state index is 13.5. The number of thiophene rings is 1. The Bertz CT molecular complexity index is 1290. The highest BCUT2D eigenvalue weighted by Gasteiger charge is 2.34. The van der Waals surface area contributed by atoms with Crippen molar-refractivity contribution in [3.8, 4) is 0 Å². The first kappa shape index (κ1) is 20.4. The molecule has 1 fully saturated rings. The first-order chi connectivity index (χ1) is 15.5. The molecule has 0 radical (unpaired) electrons. The molecule has 3 aromatic heterocycles. The van der Waals surface area contributed by atoms with E-state index in [1.807, 2.05) is 41.4 Å². The topological polar surface area (TPSA) is 107 Å². The standard InChI is InChI=1S/C23H23N5O3S/c1-14-18(13-27-10-5-9-25-27)20(26-31-14)23(30)28-11-4-6-15(28)12-17-16-7-2-3-8-19(16)32-21(17)22(24)29/h2-3,5,7-10,15H,4,6,11-13H2,1H3,(H2,24,29)/t15-/m0/s1. The number of nitrogens with two attached hydrogens (primary N) is 1. The molecule has 2 N–H and O–H groups in total. The first-order valence-corrected chi connectivity index (χ1v) is 11.4. The van der Waals surface area contributed by atoms with Crippen LogP contribution >= 0.6 is 11.3 Å². The highest BCUT2D eigenvalue weighted by Crippen LogP contribution is 2.34. The smallest absolute Gasteiger partial charge is 0.276 e. The number of hydrogen-bond acceptors (Lipinski definition) is 6. The molecule has 0 saturated carbocycles. The fourth-order valence-corrected chi connectivity index (χ4v) is 5.57. The lowest BCUT2D eigenvalue weighted by molar-refractivity contribution is 0.0725. The largest absolute Gasteiger partial charge is 0.365 e. The summed E-state index contributed by atoms with van der Waals surface area (Å²) in [5, 5.41) is 9.35. The highest BCUT2D eigenvalue weighted by molar-refractivity contribution is 7.21. The fraction of sp³-hybridized carbons (Fsp3) is 0.304. The van der Waals surface area contributed by atoms with E-state index in [1.165, 1.54) is 11.3 Å². The summed E-state index contributed by atoms with van der Waals surface area (Å²) in [7, 11) is 0. The molecule has 0 spiro atoms. The van der Waals surface area contributed by atoms with E-state index >= 15 is 0 Å².